The lowest BCUT2D eigenvalue weighted by atomic mass is 10.2. The SMILES string of the molecule is Cl.O=S1(=O)N(C[C@H]2CNCCO2)c2ccccc2N1c1c(F)cccc1F. The summed E-state index contributed by atoms with van der Waals surface area (Å²) in [5.74, 6) is -1.89. The molecule has 1 N–H and O–H groups in total. The van der Waals surface area contributed by atoms with Crippen molar-refractivity contribution < 1.29 is 21.9 Å². The van der Waals surface area contributed by atoms with Gasteiger partial charge in [-0.1, -0.05) is 18.2 Å². The minimum absolute atomic E-state index is 0. The lowest BCUT2D eigenvalue weighted by Gasteiger charge is -2.29. The molecule has 0 amide bonds. The zero-order chi connectivity index (χ0) is 18.3. The summed E-state index contributed by atoms with van der Waals surface area (Å²) in [5, 5.41) is 3.14. The Morgan fingerprint density at radius 3 is 2.37 bits per heavy atom. The molecule has 4 rings (SSSR count). The molecular formula is C17H18ClF2N3O3S. The number of para-hydroxylation sites is 3. The highest BCUT2D eigenvalue weighted by Crippen LogP contribution is 2.46. The van der Waals surface area contributed by atoms with Crippen LogP contribution in [0.2, 0.25) is 0 Å². The number of rotatable bonds is 3. The number of fused-ring (bicyclic) bond motifs is 1. The molecule has 1 atom stereocenters. The van der Waals surface area contributed by atoms with Crippen LogP contribution in [0.3, 0.4) is 0 Å². The average Bonchev–Trinajstić information content (AvgIpc) is 2.84. The topological polar surface area (TPSA) is 61.9 Å². The van der Waals surface area contributed by atoms with Gasteiger partial charge in [0, 0.05) is 13.1 Å². The molecule has 2 aromatic carbocycles. The van der Waals surface area contributed by atoms with Gasteiger partial charge in [0.2, 0.25) is 0 Å². The quantitative estimate of drug-likeness (QED) is 0.833. The normalized spacial score (nSPS) is 20.9. The molecule has 0 aliphatic carbocycles. The lowest BCUT2D eigenvalue weighted by molar-refractivity contribution is 0.0353. The van der Waals surface area contributed by atoms with Crippen LogP contribution in [0.1, 0.15) is 0 Å². The number of nitrogens with zero attached hydrogens (tertiary/aromatic N) is 2. The van der Waals surface area contributed by atoms with E-state index in [4.69, 9.17) is 4.74 Å². The van der Waals surface area contributed by atoms with Crippen LogP contribution in [0.15, 0.2) is 42.5 Å². The summed E-state index contributed by atoms with van der Waals surface area (Å²) in [6.07, 6.45) is -0.350. The number of hydrogen-bond donors (Lipinski definition) is 1. The zero-order valence-corrected chi connectivity index (χ0v) is 15.8. The Labute approximate surface area is 162 Å². The fraction of sp³-hybridized carbons (Fsp3) is 0.294. The van der Waals surface area contributed by atoms with Gasteiger partial charge in [-0.2, -0.15) is 8.42 Å². The first-order valence-electron chi connectivity index (χ1n) is 8.18. The maximum absolute atomic E-state index is 14.3. The second kappa shape index (κ2) is 7.59. The summed E-state index contributed by atoms with van der Waals surface area (Å²) in [4.78, 5) is 0. The second-order valence-corrected chi connectivity index (χ2v) is 7.76. The van der Waals surface area contributed by atoms with Crippen LogP contribution in [0.5, 0.6) is 0 Å². The molecule has 0 aromatic heterocycles. The van der Waals surface area contributed by atoms with Crippen molar-refractivity contribution in [3.63, 3.8) is 0 Å². The van der Waals surface area contributed by atoms with Gasteiger partial charge in [0.15, 0.2) is 11.6 Å². The summed E-state index contributed by atoms with van der Waals surface area (Å²) in [5.41, 5.74) is -0.0327. The van der Waals surface area contributed by atoms with Gasteiger partial charge in [0.25, 0.3) is 0 Å². The van der Waals surface area contributed by atoms with E-state index in [9.17, 15) is 17.2 Å². The lowest BCUT2D eigenvalue weighted by Crippen LogP contribution is -2.47. The molecule has 1 fully saturated rings. The Bertz CT molecular complexity index is 919. The zero-order valence-electron chi connectivity index (χ0n) is 14.1. The molecule has 146 valence electrons. The summed E-state index contributed by atoms with van der Waals surface area (Å²) in [6, 6.07) is 9.72. The first kappa shape index (κ1) is 19.8. The van der Waals surface area contributed by atoms with Crippen molar-refractivity contribution in [1.82, 2.24) is 5.32 Å². The highest BCUT2D eigenvalue weighted by atomic mass is 35.5. The predicted octanol–water partition coefficient (Wildman–Crippen LogP) is 2.58. The molecule has 2 heterocycles. The molecule has 0 bridgehead atoms. The van der Waals surface area contributed by atoms with Gasteiger partial charge in [0.05, 0.1) is 30.6 Å². The average molecular weight is 418 g/mol. The van der Waals surface area contributed by atoms with Crippen LogP contribution in [-0.4, -0.2) is 40.8 Å². The third-order valence-electron chi connectivity index (χ3n) is 4.39. The minimum Gasteiger partial charge on any atom is -0.374 e. The van der Waals surface area contributed by atoms with E-state index in [1.165, 1.54) is 12.1 Å². The van der Waals surface area contributed by atoms with Crippen LogP contribution in [0.4, 0.5) is 25.8 Å². The Kier molecular flexibility index (Phi) is 5.57. The maximum atomic E-state index is 14.3. The molecule has 27 heavy (non-hydrogen) atoms. The molecule has 10 heteroatoms. The van der Waals surface area contributed by atoms with Gasteiger partial charge in [0.1, 0.15) is 5.69 Å². The van der Waals surface area contributed by atoms with E-state index in [1.807, 2.05) is 0 Å². The van der Waals surface area contributed by atoms with E-state index in [0.717, 1.165) is 20.7 Å². The summed E-state index contributed by atoms with van der Waals surface area (Å²) in [6.45, 7) is 1.74. The third-order valence-corrected chi connectivity index (χ3v) is 6.14. The first-order chi connectivity index (χ1) is 12.5. The van der Waals surface area contributed by atoms with Crippen molar-refractivity contribution in [3.8, 4) is 0 Å². The maximum Gasteiger partial charge on any atom is 0.331 e. The van der Waals surface area contributed by atoms with Crippen LogP contribution < -0.4 is 13.9 Å². The fourth-order valence-electron chi connectivity index (χ4n) is 3.23. The highest BCUT2D eigenvalue weighted by Gasteiger charge is 2.44. The van der Waals surface area contributed by atoms with Gasteiger partial charge >= 0.3 is 10.2 Å². The summed E-state index contributed by atoms with van der Waals surface area (Å²) in [7, 11) is -4.21. The van der Waals surface area contributed by atoms with Gasteiger partial charge < -0.3 is 10.1 Å². The van der Waals surface area contributed by atoms with Crippen LogP contribution in [0, 0.1) is 11.6 Å². The van der Waals surface area contributed by atoms with Gasteiger partial charge in [-0.05, 0) is 24.3 Å². The highest BCUT2D eigenvalue weighted by molar-refractivity contribution is 7.95. The molecular weight excluding hydrogens is 400 g/mol. The van der Waals surface area contributed by atoms with E-state index >= 15 is 0 Å². The smallest absolute Gasteiger partial charge is 0.331 e. The first-order valence-corrected chi connectivity index (χ1v) is 9.58. The van der Waals surface area contributed by atoms with E-state index in [1.54, 1.807) is 18.2 Å². The number of morpholine rings is 1. The van der Waals surface area contributed by atoms with Crippen LogP contribution in [-0.2, 0) is 14.9 Å². The molecule has 0 unspecified atom stereocenters. The molecule has 1 saturated heterocycles. The van der Waals surface area contributed by atoms with E-state index in [0.29, 0.717) is 25.4 Å². The standard InChI is InChI=1S/C17H17F2N3O3S.ClH/c18-13-4-3-5-14(19)17(13)22-16-7-2-1-6-15(16)21(26(22,23)24)11-12-10-20-8-9-25-12;/h1-7,12,20H,8-11H2;1H/t12-;/m1./s1. The second-order valence-electron chi connectivity index (χ2n) is 6.06. The number of benzene rings is 2. The minimum atomic E-state index is -4.21. The van der Waals surface area contributed by atoms with Crippen molar-refractivity contribution in [2.45, 2.75) is 6.10 Å². The summed E-state index contributed by atoms with van der Waals surface area (Å²) >= 11 is 0. The van der Waals surface area contributed by atoms with Gasteiger partial charge in [-0.3, -0.25) is 0 Å². The van der Waals surface area contributed by atoms with Crippen molar-refractivity contribution in [3.05, 3.63) is 54.1 Å². The Balaban J connectivity index is 0.00000210. The monoisotopic (exact) mass is 417 g/mol. The van der Waals surface area contributed by atoms with E-state index in [2.05, 4.69) is 5.32 Å². The van der Waals surface area contributed by atoms with E-state index < -0.39 is 27.5 Å². The number of halogens is 3. The number of hydrogen-bond acceptors (Lipinski definition) is 4. The Hall–Kier alpha value is -1.94. The van der Waals surface area contributed by atoms with Gasteiger partial charge in [-0.15, -0.1) is 12.4 Å². The fourth-order valence-corrected chi connectivity index (χ4v) is 4.99. The molecule has 0 saturated carbocycles. The summed E-state index contributed by atoms with van der Waals surface area (Å²) < 4.78 is 62.5. The molecule has 2 aromatic rings. The van der Waals surface area contributed by atoms with E-state index in [-0.39, 0.29) is 30.7 Å². The number of ether oxygens (including phenoxy) is 1. The number of nitrogens with one attached hydrogen (secondary N) is 1. The van der Waals surface area contributed by atoms with Crippen LogP contribution in [0.25, 0.3) is 0 Å². The molecule has 0 spiro atoms. The molecule has 0 radical (unpaired) electrons. The van der Waals surface area contributed by atoms with Crippen LogP contribution >= 0.6 is 12.4 Å². The van der Waals surface area contributed by atoms with Crippen molar-refractivity contribution in [1.29, 1.82) is 0 Å². The predicted molar refractivity (Wildman–Crippen MR) is 101 cm³/mol. The Morgan fingerprint density at radius 2 is 1.74 bits per heavy atom. The third kappa shape index (κ3) is 3.36. The van der Waals surface area contributed by atoms with Gasteiger partial charge in [-0.25, -0.2) is 17.4 Å². The van der Waals surface area contributed by atoms with Crippen molar-refractivity contribution in [2.24, 2.45) is 0 Å². The molecule has 2 aliphatic heterocycles. The molecule has 2 aliphatic rings. The van der Waals surface area contributed by atoms with Crippen molar-refractivity contribution in [2.75, 3.05) is 34.9 Å². The largest absolute Gasteiger partial charge is 0.374 e. The van der Waals surface area contributed by atoms with Crippen molar-refractivity contribution >= 4 is 39.7 Å². The Morgan fingerprint density at radius 1 is 1.07 bits per heavy atom. The molecule has 6 nitrogen and oxygen atoms in total. The number of anilines is 3.